The molecule has 3 heterocycles. The highest BCUT2D eigenvalue weighted by Crippen LogP contribution is 2.35. The minimum atomic E-state index is -0.985. The monoisotopic (exact) mass is 522 g/mol. The Hall–Kier alpha value is -4.80. The van der Waals surface area contributed by atoms with Crippen LogP contribution in [0.2, 0.25) is 0 Å². The molecule has 0 fully saturated rings. The fourth-order valence-corrected chi connectivity index (χ4v) is 4.05. The molecule has 0 spiro atoms. The van der Waals surface area contributed by atoms with Gasteiger partial charge in [-0.2, -0.15) is 0 Å². The van der Waals surface area contributed by atoms with E-state index in [1.165, 1.54) is 33.4 Å². The molecule has 1 aromatic carbocycles. The number of fused-ring (bicyclic) bond motifs is 1. The Balaban J connectivity index is 1.67. The number of rotatable bonds is 7. The van der Waals surface area contributed by atoms with Crippen LogP contribution in [-0.4, -0.2) is 35.1 Å². The number of carbonyl (C=O) groups is 1. The third-order valence-electron chi connectivity index (χ3n) is 5.74. The first-order chi connectivity index (χ1) is 18.0. The van der Waals surface area contributed by atoms with Crippen molar-refractivity contribution in [2.75, 3.05) is 19.5 Å². The topological polar surface area (TPSA) is 115 Å². The van der Waals surface area contributed by atoms with Crippen molar-refractivity contribution in [1.29, 1.82) is 0 Å². The number of aromatic amines is 1. The molecule has 0 radical (unpaired) electrons. The zero-order valence-electron chi connectivity index (χ0n) is 21.3. The highest BCUT2D eigenvalue weighted by molar-refractivity contribution is 6.05. The number of H-pyrrole nitrogens is 1. The fourth-order valence-electron chi connectivity index (χ4n) is 4.05. The molecule has 0 saturated heterocycles. The van der Waals surface area contributed by atoms with E-state index in [-0.39, 0.29) is 34.0 Å². The van der Waals surface area contributed by atoms with Crippen LogP contribution in [-0.2, 0) is 0 Å². The lowest BCUT2D eigenvalue weighted by molar-refractivity contribution is 0.102. The molecule has 0 saturated carbocycles. The Morgan fingerprint density at radius 2 is 1.71 bits per heavy atom. The molecule has 0 unspecified atom stereocenters. The molecule has 0 atom stereocenters. The lowest BCUT2D eigenvalue weighted by Crippen LogP contribution is -2.27. The largest absolute Gasteiger partial charge is 0.491 e. The average molecular weight is 523 g/mol. The Labute approximate surface area is 216 Å². The third-order valence-corrected chi connectivity index (χ3v) is 5.74. The first-order valence-electron chi connectivity index (χ1n) is 11.3. The van der Waals surface area contributed by atoms with Crippen molar-refractivity contribution in [3.05, 3.63) is 81.4 Å². The van der Waals surface area contributed by atoms with Gasteiger partial charge in [0.1, 0.15) is 11.1 Å². The number of carbonyl (C=O) groups excluding carboxylic acids is 1. The molecule has 0 aliphatic carbocycles. The number of hydrogen-bond donors (Lipinski definition) is 2. The van der Waals surface area contributed by atoms with Crippen LogP contribution in [0, 0.1) is 25.5 Å². The molecule has 0 bridgehead atoms. The molecular formula is C27H24F2N4O5. The van der Waals surface area contributed by atoms with E-state index in [0.29, 0.717) is 22.5 Å². The van der Waals surface area contributed by atoms with Gasteiger partial charge < -0.3 is 24.5 Å². The Morgan fingerprint density at radius 3 is 2.37 bits per heavy atom. The Kier molecular flexibility index (Phi) is 7.11. The van der Waals surface area contributed by atoms with Crippen LogP contribution in [0.25, 0.3) is 16.6 Å². The standard InChI is InChI=1S/C27H24F2N4O5/c1-12(2)22-13(3)31-14(4)23(25(22)34)26(35)32-17-9-16(29)20(10-15(17)28)38-19-7-8-30-18-11-21(36-5)27(37-6)33-24(18)19/h7-11H,1H2,2-6H3,(H,31,34)(H,32,35). The highest BCUT2D eigenvalue weighted by Gasteiger charge is 2.22. The third kappa shape index (κ3) is 4.77. The van der Waals surface area contributed by atoms with Crippen LogP contribution < -0.4 is 25.0 Å². The van der Waals surface area contributed by atoms with Crippen molar-refractivity contribution in [3.8, 4) is 23.1 Å². The molecule has 4 aromatic rings. The molecule has 2 N–H and O–H groups in total. The number of nitrogens with zero attached hydrogens (tertiary/aromatic N) is 2. The summed E-state index contributed by atoms with van der Waals surface area (Å²) in [5.74, 6) is -2.74. The summed E-state index contributed by atoms with van der Waals surface area (Å²) in [6.07, 6.45) is 1.41. The Morgan fingerprint density at radius 1 is 1.00 bits per heavy atom. The number of methoxy groups -OCH3 is 2. The minimum absolute atomic E-state index is 0.0835. The zero-order chi connectivity index (χ0) is 27.7. The van der Waals surface area contributed by atoms with Crippen molar-refractivity contribution in [3.63, 3.8) is 0 Å². The maximum atomic E-state index is 15.0. The lowest BCUT2D eigenvalue weighted by atomic mass is 10.0. The fraction of sp³-hybridized carbons (Fsp3) is 0.185. The molecule has 3 aromatic heterocycles. The van der Waals surface area contributed by atoms with Gasteiger partial charge in [0.2, 0.25) is 5.43 Å². The van der Waals surface area contributed by atoms with Crippen molar-refractivity contribution < 1.29 is 27.8 Å². The lowest BCUT2D eigenvalue weighted by Gasteiger charge is -2.14. The highest BCUT2D eigenvalue weighted by atomic mass is 19.1. The second-order valence-electron chi connectivity index (χ2n) is 8.43. The Bertz CT molecular complexity index is 1670. The number of hydrogen-bond acceptors (Lipinski definition) is 7. The van der Waals surface area contributed by atoms with Gasteiger partial charge in [-0.15, -0.1) is 0 Å². The van der Waals surface area contributed by atoms with E-state index in [4.69, 9.17) is 14.2 Å². The number of anilines is 1. The number of amides is 1. The van der Waals surface area contributed by atoms with Crippen LogP contribution in [0.3, 0.4) is 0 Å². The van der Waals surface area contributed by atoms with E-state index >= 15 is 4.39 Å². The molecule has 9 nitrogen and oxygen atoms in total. The van der Waals surface area contributed by atoms with Crippen LogP contribution in [0.5, 0.6) is 23.1 Å². The van der Waals surface area contributed by atoms with Gasteiger partial charge in [-0.3, -0.25) is 14.6 Å². The number of ether oxygens (including phenoxy) is 3. The van der Waals surface area contributed by atoms with Crippen LogP contribution in [0.4, 0.5) is 14.5 Å². The van der Waals surface area contributed by atoms with Crippen molar-refractivity contribution in [2.45, 2.75) is 20.8 Å². The summed E-state index contributed by atoms with van der Waals surface area (Å²) in [7, 11) is 2.85. The van der Waals surface area contributed by atoms with E-state index in [0.717, 1.165) is 12.1 Å². The normalized spacial score (nSPS) is 10.8. The first-order valence-corrected chi connectivity index (χ1v) is 11.3. The van der Waals surface area contributed by atoms with Crippen LogP contribution in [0.1, 0.15) is 34.2 Å². The van der Waals surface area contributed by atoms with E-state index in [9.17, 15) is 14.0 Å². The average Bonchev–Trinajstić information content (AvgIpc) is 2.85. The first kappa shape index (κ1) is 26.3. The number of benzene rings is 1. The van der Waals surface area contributed by atoms with Crippen molar-refractivity contribution >= 4 is 28.2 Å². The second kappa shape index (κ2) is 10.3. The summed E-state index contributed by atoms with van der Waals surface area (Å²) in [5.41, 5.74) is 0.877. The molecule has 196 valence electrons. The minimum Gasteiger partial charge on any atom is -0.491 e. The number of halogens is 2. The summed E-state index contributed by atoms with van der Waals surface area (Å²) < 4.78 is 46.0. The van der Waals surface area contributed by atoms with Crippen LogP contribution in [0.15, 0.2) is 41.8 Å². The molecule has 0 aliphatic rings. The van der Waals surface area contributed by atoms with E-state index in [2.05, 4.69) is 26.8 Å². The number of pyridine rings is 3. The van der Waals surface area contributed by atoms with E-state index in [1.807, 2.05) is 0 Å². The summed E-state index contributed by atoms with van der Waals surface area (Å²) in [6, 6.07) is 4.54. The number of nitrogens with one attached hydrogen (secondary N) is 2. The zero-order valence-corrected chi connectivity index (χ0v) is 21.3. The SMILES string of the molecule is C=C(C)c1c(C)[nH]c(C)c(C(=O)Nc2cc(F)c(Oc3ccnc4cc(OC)c(OC)nc34)cc2F)c1=O. The van der Waals surface area contributed by atoms with Gasteiger partial charge in [0, 0.05) is 47.4 Å². The van der Waals surface area contributed by atoms with Gasteiger partial charge in [-0.25, -0.2) is 13.8 Å². The quantitative estimate of drug-likeness (QED) is 0.338. The summed E-state index contributed by atoms with van der Waals surface area (Å²) in [6.45, 7) is 8.63. The molecular weight excluding hydrogens is 498 g/mol. The van der Waals surface area contributed by atoms with E-state index in [1.54, 1.807) is 19.9 Å². The molecule has 4 rings (SSSR count). The summed E-state index contributed by atoms with van der Waals surface area (Å²) in [5, 5.41) is 2.27. The molecule has 11 heteroatoms. The van der Waals surface area contributed by atoms with Gasteiger partial charge in [0.25, 0.3) is 11.8 Å². The summed E-state index contributed by atoms with van der Waals surface area (Å²) in [4.78, 5) is 37.3. The van der Waals surface area contributed by atoms with Crippen molar-refractivity contribution in [1.82, 2.24) is 15.0 Å². The van der Waals surface area contributed by atoms with Gasteiger partial charge in [-0.05, 0) is 26.3 Å². The molecule has 0 aliphatic heterocycles. The maximum Gasteiger partial charge on any atom is 0.261 e. The van der Waals surface area contributed by atoms with Crippen molar-refractivity contribution in [2.24, 2.45) is 0 Å². The number of aryl methyl sites for hydroxylation is 2. The number of aromatic nitrogens is 3. The summed E-state index contributed by atoms with van der Waals surface area (Å²) >= 11 is 0. The molecule has 38 heavy (non-hydrogen) atoms. The predicted molar refractivity (Wildman–Crippen MR) is 138 cm³/mol. The van der Waals surface area contributed by atoms with E-state index < -0.39 is 34.4 Å². The van der Waals surface area contributed by atoms with Gasteiger partial charge in [-0.1, -0.05) is 6.58 Å². The van der Waals surface area contributed by atoms with Gasteiger partial charge >= 0.3 is 0 Å². The van der Waals surface area contributed by atoms with Gasteiger partial charge in [0.05, 0.1) is 25.4 Å². The predicted octanol–water partition coefficient (Wildman–Crippen LogP) is 5.31. The smallest absolute Gasteiger partial charge is 0.261 e. The molecule has 1 amide bonds. The number of allylic oxidation sites excluding steroid dienone is 1. The van der Waals surface area contributed by atoms with Crippen LogP contribution >= 0.6 is 0 Å². The van der Waals surface area contributed by atoms with Gasteiger partial charge in [0.15, 0.2) is 28.9 Å². The second-order valence-corrected chi connectivity index (χ2v) is 8.43. The maximum absolute atomic E-state index is 15.0.